The molecule has 6 heteroatoms. The number of nitrogens with zero attached hydrogens (tertiary/aromatic N) is 1. The van der Waals surface area contributed by atoms with Gasteiger partial charge in [-0.1, -0.05) is 13.8 Å². The summed E-state index contributed by atoms with van der Waals surface area (Å²) in [5.41, 5.74) is 0. The number of carbonyl (C=O) groups excluding carboxylic acids is 1. The van der Waals surface area contributed by atoms with Crippen molar-refractivity contribution in [2.45, 2.75) is 26.7 Å². The minimum atomic E-state index is -0.854. The fourth-order valence-corrected chi connectivity index (χ4v) is 2.11. The van der Waals surface area contributed by atoms with Gasteiger partial charge in [0.1, 0.15) is 0 Å². The molecule has 0 saturated carbocycles. The van der Waals surface area contributed by atoms with Gasteiger partial charge in [0, 0.05) is 26.2 Å². The number of urea groups is 1. The maximum Gasteiger partial charge on any atom is 0.317 e. The Bertz CT molecular complexity index is 299. The Hall–Kier alpha value is -1.30. The van der Waals surface area contributed by atoms with E-state index in [1.165, 1.54) is 0 Å². The standard InChI is InChI=1S/C13H24N2O4/c1-10(2)8-11(12(16)17)9-14-13(18)15-4-3-6-19-7-5-15/h10-11H,3-9H2,1-2H3,(H,14,18)(H,16,17). The van der Waals surface area contributed by atoms with E-state index < -0.39 is 11.9 Å². The van der Waals surface area contributed by atoms with Crippen molar-refractivity contribution in [2.75, 3.05) is 32.8 Å². The van der Waals surface area contributed by atoms with Crippen LogP contribution in [0.25, 0.3) is 0 Å². The van der Waals surface area contributed by atoms with E-state index in [1.54, 1.807) is 4.90 Å². The lowest BCUT2D eigenvalue weighted by molar-refractivity contribution is -0.142. The van der Waals surface area contributed by atoms with Gasteiger partial charge in [-0.15, -0.1) is 0 Å². The van der Waals surface area contributed by atoms with Crippen LogP contribution in [0.5, 0.6) is 0 Å². The van der Waals surface area contributed by atoms with Crippen LogP contribution in [0.4, 0.5) is 4.79 Å². The van der Waals surface area contributed by atoms with E-state index in [-0.39, 0.29) is 12.6 Å². The Kier molecular flexibility index (Phi) is 6.62. The molecule has 0 bridgehead atoms. The first-order chi connectivity index (χ1) is 9.00. The zero-order valence-electron chi connectivity index (χ0n) is 11.7. The van der Waals surface area contributed by atoms with Gasteiger partial charge >= 0.3 is 12.0 Å². The average molecular weight is 272 g/mol. The Balaban J connectivity index is 2.39. The smallest absolute Gasteiger partial charge is 0.317 e. The summed E-state index contributed by atoms with van der Waals surface area (Å²) >= 11 is 0. The first kappa shape index (κ1) is 15.8. The number of carboxylic acids is 1. The zero-order valence-corrected chi connectivity index (χ0v) is 11.7. The molecular weight excluding hydrogens is 248 g/mol. The second-order valence-electron chi connectivity index (χ2n) is 5.30. The first-order valence-electron chi connectivity index (χ1n) is 6.84. The number of carbonyl (C=O) groups is 2. The maximum absolute atomic E-state index is 11.9. The van der Waals surface area contributed by atoms with Crippen molar-refractivity contribution >= 4 is 12.0 Å². The van der Waals surface area contributed by atoms with Gasteiger partial charge in [0.2, 0.25) is 0 Å². The number of amides is 2. The summed E-state index contributed by atoms with van der Waals surface area (Å²) in [5.74, 6) is -1.08. The number of rotatable bonds is 5. The van der Waals surface area contributed by atoms with Gasteiger partial charge in [0.25, 0.3) is 0 Å². The summed E-state index contributed by atoms with van der Waals surface area (Å²) < 4.78 is 5.28. The number of aliphatic carboxylic acids is 1. The molecule has 1 unspecified atom stereocenters. The molecule has 1 heterocycles. The number of carboxylic acid groups (broad SMARTS) is 1. The van der Waals surface area contributed by atoms with Gasteiger partial charge in [0.15, 0.2) is 0 Å². The summed E-state index contributed by atoms with van der Waals surface area (Å²) in [6.07, 6.45) is 1.39. The fourth-order valence-electron chi connectivity index (χ4n) is 2.11. The Morgan fingerprint density at radius 2 is 2.05 bits per heavy atom. The van der Waals surface area contributed by atoms with Crippen LogP contribution in [0.15, 0.2) is 0 Å². The van der Waals surface area contributed by atoms with Crippen LogP contribution < -0.4 is 5.32 Å². The van der Waals surface area contributed by atoms with Crippen LogP contribution in [0.3, 0.4) is 0 Å². The normalized spacial score (nSPS) is 17.9. The van der Waals surface area contributed by atoms with Crippen LogP contribution in [-0.2, 0) is 9.53 Å². The van der Waals surface area contributed by atoms with Crippen LogP contribution >= 0.6 is 0 Å². The summed E-state index contributed by atoms with van der Waals surface area (Å²) in [4.78, 5) is 24.7. The summed E-state index contributed by atoms with van der Waals surface area (Å²) in [7, 11) is 0. The molecule has 0 aromatic heterocycles. The highest BCUT2D eigenvalue weighted by Gasteiger charge is 2.21. The second kappa shape index (κ2) is 7.99. The van der Waals surface area contributed by atoms with E-state index in [1.807, 2.05) is 13.8 Å². The Morgan fingerprint density at radius 3 is 2.68 bits per heavy atom. The van der Waals surface area contributed by atoms with Gasteiger partial charge in [-0.3, -0.25) is 4.79 Å². The molecule has 0 aromatic rings. The number of hydrogen-bond donors (Lipinski definition) is 2. The van der Waals surface area contributed by atoms with Gasteiger partial charge in [-0.25, -0.2) is 4.79 Å². The molecule has 6 nitrogen and oxygen atoms in total. The highest BCUT2D eigenvalue weighted by molar-refractivity contribution is 5.76. The third kappa shape index (κ3) is 5.92. The van der Waals surface area contributed by atoms with Crippen molar-refractivity contribution in [1.82, 2.24) is 10.2 Å². The van der Waals surface area contributed by atoms with E-state index in [0.717, 1.165) is 6.42 Å². The molecule has 0 aliphatic carbocycles. The monoisotopic (exact) mass is 272 g/mol. The molecule has 2 amide bonds. The van der Waals surface area contributed by atoms with Gasteiger partial charge in [-0.2, -0.15) is 0 Å². The highest BCUT2D eigenvalue weighted by Crippen LogP contribution is 2.11. The minimum Gasteiger partial charge on any atom is -0.481 e. The quantitative estimate of drug-likeness (QED) is 0.787. The van der Waals surface area contributed by atoms with Gasteiger partial charge in [-0.05, 0) is 18.8 Å². The Labute approximate surface area is 114 Å². The molecule has 1 fully saturated rings. The zero-order chi connectivity index (χ0) is 14.3. The second-order valence-corrected chi connectivity index (χ2v) is 5.30. The van der Waals surface area contributed by atoms with Crippen molar-refractivity contribution in [2.24, 2.45) is 11.8 Å². The molecule has 2 N–H and O–H groups in total. The van der Waals surface area contributed by atoms with E-state index in [4.69, 9.17) is 9.84 Å². The molecule has 0 radical (unpaired) electrons. The third-order valence-corrected chi connectivity index (χ3v) is 3.11. The van der Waals surface area contributed by atoms with E-state index in [0.29, 0.717) is 38.6 Å². The van der Waals surface area contributed by atoms with Crippen molar-refractivity contribution in [1.29, 1.82) is 0 Å². The molecule has 1 atom stereocenters. The number of hydrogen-bond acceptors (Lipinski definition) is 3. The minimum absolute atomic E-state index is 0.184. The molecule has 19 heavy (non-hydrogen) atoms. The number of nitrogens with one attached hydrogen (secondary N) is 1. The molecule has 1 saturated heterocycles. The van der Waals surface area contributed by atoms with Crippen molar-refractivity contribution < 1.29 is 19.4 Å². The van der Waals surface area contributed by atoms with E-state index in [9.17, 15) is 9.59 Å². The molecule has 0 spiro atoms. The van der Waals surface area contributed by atoms with Gasteiger partial charge < -0.3 is 20.1 Å². The molecule has 0 aromatic carbocycles. The topological polar surface area (TPSA) is 78.9 Å². The fraction of sp³-hybridized carbons (Fsp3) is 0.846. The highest BCUT2D eigenvalue weighted by atomic mass is 16.5. The third-order valence-electron chi connectivity index (χ3n) is 3.11. The van der Waals surface area contributed by atoms with Crippen molar-refractivity contribution in [3.8, 4) is 0 Å². The largest absolute Gasteiger partial charge is 0.481 e. The maximum atomic E-state index is 11.9. The van der Waals surface area contributed by atoms with Crippen molar-refractivity contribution in [3.63, 3.8) is 0 Å². The molecule has 1 aliphatic rings. The lowest BCUT2D eigenvalue weighted by Gasteiger charge is -2.22. The summed E-state index contributed by atoms with van der Waals surface area (Å²) in [5, 5.41) is 11.8. The SMILES string of the molecule is CC(C)CC(CNC(=O)N1CCCOCC1)C(=O)O. The average Bonchev–Trinajstić information content (AvgIpc) is 2.62. The molecule has 1 aliphatic heterocycles. The van der Waals surface area contributed by atoms with Crippen LogP contribution in [0.2, 0.25) is 0 Å². The first-order valence-corrected chi connectivity index (χ1v) is 6.84. The van der Waals surface area contributed by atoms with Gasteiger partial charge in [0.05, 0.1) is 12.5 Å². The lowest BCUT2D eigenvalue weighted by atomic mass is 9.97. The predicted octanol–water partition coefficient (Wildman–Crippen LogP) is 1.17. The Morgan fingerprint density at radius 1 is 1.32 bits per heavy atom. The van der Waals surface area contributed by atoms with Crippen LogP contribution in [-0.4, -0.2) is 54.9 Å². The summed E-state index contributed by atoms with van der Waals surface area (Å²) in [6, 6.07) is -0.194. The van der Waals surface area contributed by atoms with Crippen molar-refractivity contribution in [3.05, 3.63) is 0 Å². The summed E-state index contributed by atoms with van der Waals surface area (Å²) in [6.45, 7) is 6.58. The molecular formula is C13H24N2O4. The number of ether oxygens (including phenoxy) is 1. The van der Waals surface area contributed by atoms with Crippen LogP contribution in [0.1, 0.15) is 26.7 Å². The van der Waals surface area contributed by atoms with E-state index >= 15 is 0 Å². The molecule has 110 valence electrons. The van der Waals surface area contributed by atoms with Crippen LogP contribution in [0, 0.1) is 11.8 Å². The lowest BCUT2D eigenvalue weighted by Crippen LogP contribution is -2.44. The van der Waals surface area contributed by atoms with E-state index in [2.05, 4.69) is 5.32 Å². The molecule has 1 rings (SSSR count). The predicted molar refractivity (Wildman–Crippen MR) is 71.0 cm³/mol.